The highest BCUT2D eigenvalue weighted by Crippen LogP contribution is 2.27. The van der Waals surface area contributed by atoms with Crippen molar-refractivity contribution in [1.82, 2.24) is 10.2 Å². The van der Waals surface area contributed by atoms with Crippen LogP contribution >= 0.6 is 15.9 Å². The quantitative estimate of drug-likeness (QED) is 0.902. The fourth-order valence-electron chi connectivity index (χ4n) is 3.13. The van der Waals surface area contributed by atoms with Crippen molar-refractivity contribution in [2.24, 2.45) is 5.92 Å². The van der Waals surface area contributed by atoms with Gasteiger partial charge in [0, 0.05) is 30.1 Å². The van der Waals surface area contributed by atoms with Crippen molar-refractivity contribution >= 4 is 15.9 Å². The van der Waals surface area contributed by atoms with E-state index in [4.69, 9.17) is 0 Å². The van der Waals surface area contributed by atoms with Gasteiger partial charge in [0.25, 0.3) is 0 Å². The average Bonchev–Trinajstić information content (AvgIpc) is 2.74. The summed E-state index contributed by atoms with van der Waals surface area (Å²) in [6, 6.07) is 9.31. The van der Waals surface area contributed by atoms with Gasteiger partial charge in [-0.1, -0.05) is 34.1 Å². The third-order valence-corrected chi connectivity index (χ3v) is 4.80. The molecule has 2 heterocycles. The molecule has 17 heavy (non-hydrogen) atoms. The number of likely N-dealkylation sites (tertiary alicyclic amines) is 1. The molecule has 1 N–H and O–H groups in total. The Hall–Kier alpha value is -0.380. The lowest BCUT2D eigenvalue weighted by atomic mass is 9.94. The van der Waals surface area contributed by atoms with E-state index in [1.54, 1.807) is 0 Å². The summed E-state index contributed by atoms with van der Waals surface area (Å²) < 4.78 is 1.24. The molecule has 0 unspecified atom stereocenters. The minimum atomic E-state index is 0.742. The zero-order valence-electron chi connectivity index (χ0n) is 10.0. The summed E-state index contributed by atoms with van der Waals surface area (Å²) in [7, 11) is 0. The number of fused-ring (bicyclic) bond motifs is 1. The second kappa shape index (κ2) is 5.09. The molecular formula is C14H19BrN2. The summed E-state index contributed by atoms with van der Waals surface area (Å²) in [5, 5.41) is 3.66. The van der Waals surface area contributed by atoms with Gasteiger partial charge in [-0.3, -0.25) is 4.90 Å². The highest BCUT2D eigenvalue weighted by atomic mass is 79.9. The molecule has 92 valence electrons. The Morgan fingerprint density at radius 1 is 1.29 bits per heavy atom. The Kier molecular flexibility index (Phi) is 3.50. The standard InChI is InChI=1S/C14H19BrN2/c15-13-6-2-1-4-11(13)8-17-9-12-5-3-7-16-14(12)10-17/h1-2,4,6,12,14,16H,3,5,7-10H2/t12-,14+/m0/s1. The van der Waals surface area contributed by atoms with Gasteiger partial charge in [0.15, 0.2) is 0 Å². The number of benzene rings is 1. The van der Waals surface area contributed by atoms with Crippen LogP contribution < -0.4 is 5.32 Å². The van der Waals surface area contributed by atoms with Crippen LogP contribution in [-0.2, 0) is 6.54 Å². The minimum Gasteiger partial charge on any atom is -0.312 e. The number of nitrogens with one attached hydrogen (secondary N) is 1. The van der Waals surface area contributed by atoms with Crippen molar-refractivity contribution in [3.8, 4) is 0 Å². The monoisotopic (exact) mass is 294 g/mol. The zero-order valence-corrected chi connectivity index (χ0v) is 11.6. The Labute approximate surface area is 112 Å². The van der Waals surface area contributed by atoms with E-state index >= 15 is 0 Å². The Balaban J connectivity index is 1.65. The summed E-state index contributed by atoms with van der Waals surface area (Å²) in [6.45, 7) is 4.77. The lowest BCUT2D eigenvalue weighted by Crippen LogP contribution is -2.40. The lowest BCUT2D eigenvalue weighted by molar-refractivity contribution is 0.312. The SMILES string of the molecule is Brc1ccccc1CN1C[C@@H]2CCCN[C@@H]2C1. The predicted octanol–water partition coefficient (Wildman–Crippen LogP) is 2.63. The van der Waals surface area contributed by atoms with Crippen LogP contribution in [0.1, 0.15) is 18.4 Å². The van der Waals surface area contributed by atoms with Crippen molar-refractivity contribution in [2.75, 3.05) is 19.6 Å². The second-order valence-electron chi connectivity index (χ2n) is 5.25. The molecule has 0 amide bonds. The Morgan fingerprint density at radius 3 is 3.00 bits per heavy atom. The molecule has 2 nitrogen and oxygen atoms in total. The zero-order chi connectivity index (χ0) is 11.7. The molecule has 2 aliphatic rings. The van der Waals surface area contributed by atoms with Crippen LogP contribution in [0.25, 0.3) is 0 Å². The molecule has 2 fully saturated rings. The molecule has 0 aromatic heterocycles. The molecular weight excluding hydrogens is 276 g/mol. The third-order valence-electron chi connectivity index (χ3n) is 4.03. The molecule has 1 aromatic carbocycles. The summed E-state index contributed by atoms with van der Waals surface area (Å²) >= 11 is 3.64. The largest absolute Gasteiger partial charge is 0.312 e. The fraction of sp³-hybridized carbons (Fsp3) is 0.571. The molecule has 1 aromatic rings. The highest BCUT2D eigenvalue weighted by molar-refractivity contribution is 9.10. The van der Waals surface area contributed by atoms with Crippen molar-refractivity contribution in [1.29, 1.82) is 0 Å². The van der Waals surface area contributed by atoms with Crippen LogP contribution in [-0.4, -0.2) is 30.6 Å². The number of piperidine rings is 1. The van der Waals surface area contributed by atoms with Crippen LogP contribution in [0.2, 0.25) is 0 Å². The van der Waals surface area contributed by atoms with Crippen LogP contribution in [0.5, 0.6) is 0 Å². The molecule has 0 bridgehead atoms. The normalized spacial score (nSPS) is 29.2. The Morgan fingerprint density at radius 2 is 2.18 bits per heavy atom. The summed E-state index contributed by atoms with van der Waals surface area (Å²) in [6.07, 6.45) is 2.76. The van der Waals surface area contributed by atoms with Crippen molar-refractivity contribution in [2.45, 2.75) is 25.4 Å². The van der Waals surface area contributed by atoms with Gasteiger partial charge in [0.05, 0.1) is 0 Å². The second-order valence-corrected chi connectivity index (χ2v) is 6.10. The van der Waals surface area contributed by atoms with E-state index < -0.39 is 0 Å². The minimum absolute atomic E-state index is 0.742. The summed E-state index contributed by atoms with van der Waals surface area (Å²) in [5.74, 6) is 0.881. The van der Waals surface area contributed by atoms with Crippen molar-refractivity contribution < 1.29 is 0 Å². The van der Waals surface area contributed by atoms with Crippen LogP contribution in [0.15, 0.2) is 28.7 Å². The van der Waals surface area contributed by atoms with Gasteiger partial charge in [0.1, 0.15) is 0 Å². The fourth-order valence-corrected chi connectivity index (χ4v) is 3.54. The van der Waals surface area contributed by atoms with Gasteiger partial charge in [-0.05, 0) is 36.9 Å². The van der Waals surface area contributed by atoms with E-state index in [0.29, 0.717) is 0 Å². The van der Waals surface area contributed by atoms with Gasteiger partial charge < -0.3 is 5.32 Å². The summed E-state index contributed by atoms with van der Waals surface area (Å²) in [4.78, 5) is 2.59. The maximum atomic E-state index is 3.66. The van der Waals surface area contributed by atoms with Gasteiger partial charge in [-0.2, -0.15) is 0 Å². The smallest absolute Gasteiger partial charge is 0.0245 e. The lowest BCUT2D eigenvalue weighted by Gasteiger charge is -2.24. The van der Waals surface area contributed by atoms with Gasteiger partial charge in [0.2, 0.25) is 0 Å². The van der Waals surface area contributed by atoms with Gasteiger partial charge in [-0.15, -0.1) is 0 Å². The van der Waals surface area contributed by atoms with Crippen molar-refractivity contribution in [3.63, 3.8) is 0 Å². The molecule has 3 rings (SSSR count). The Bertz CT molecular complexity index is 380. The van der Waals surface area contributed by atoms with E-state index in [2.05, 4.69) is 50.4 Å². The average molecular weight is 295 g/mol. The molecule has 0 saturated carbocycles. The first kappa shape index (κ1) is 11.7. The molecule has 3 heteroatoms. The van der Waals surface area contributed by atoms with E-state index in [0.717, 1.165) is 18.5 Å². The maximum Gasteiger partial charge on any atom is 0.0245 e. The van der Waals surface area contributed by atoms with E-state index in [1.165, 1.54) is 42.5 Å². The van der Waals surface area contributed by atoms with Crippen LogP contribution in [0.3, 0.4) is 0 Å². The molecule has 2 atom stereocenters. The van der Waals surface area contributed by atoms with Crippen molar-refractivity contribution in [3.05, 3.63) is 34.3 Å². The number of rotatable bonds is 2. The van der Waals surface area contributed by atoms with E-state index in [1.807, 2.05) is 0 Å². The number of nitrogens with zero attached hydrogens (tertiary/aromatic N) is 1. The van der Waals surface area contributed by atoms with Gasteiger partial charge in [-0.25, -0.2) is 0 Å². The summed E-state index contributed by atoms with van der Waals surface area (Å²) in [5.41, 5.74) is 1.41. The van der Waals surface area contributed by atoms with Crippen LogP contribution in [0, 0.1) is 5.92 Å². The highest BCUT2D eigenvalue weighted by Gasteiger charge is 2.33. The van der Waals surface area contributed by atoms with Gasteiger partial charge >= 0.3 is 0 Å². The number of halogens is 1. The molecule has 0 aliphatic carbocycles. The molecule has 2 aliphatic heterocycles. The third kappa shape index (κ3) is 2.56. The first-order chi connectivity index (χ1) is 8.33. The molecule has 0 radical (unpaired) electrons. The molecule has 0 spiro atoms. The number of hydrogen-bond acceptors (Lipinski definition) is 2. The topological polar surface area (TPSA) is 15.3 Å². The van der Waals surface area contributed by atoms with E-state index in [9.17, 15) is 0 Å². The first-order valence-electron chi connectivity index (χ1n) is 6.52. The number of hydrogen-bond donors (Lipinski definition) is 1. The maximum absolute atomic E-state index is 3.66. The van der Waals surface area contributed by atoms with Crippen LogP contribution in [0.4, 0.5) is 0 Å². The van der Waals surface area contributed by atoms with E-state index in [-0.39, 0.29) is 0 Å². The predicted molar refractivity (Wildman–Crippen MR) is 73.9 cm³/mol. The molecule has 2 saturated heterocycles. The first-order valence-corrected chi connectivity index (χ1v) is 7.31.